The van der Waals surface area contributed by atoms with Crippen molar-refractivity contribution in [2.75, 3.05) is 6.54 Å². The second-order valence-electron chi connectivity index (χ2n) is 6.67. The molecule has 3 rings (SSSR count). The van der Waals surface area contributed by atoms with Crippen LogP contribution in [0.2, 0.25) is 0 Å². The molecular formula is C15H23N3O4S. The van der Waals surface area contributed by atoms with Crippen molar-refractivity contribution < 1.29 is 17.7 Å². The first kappa shape index (κ1) is 16.4. The molecule has 1 aliphatic heterocycles. The van der Waals surface area contributed by atoms with Gasteiger partial charge in [0.2, 0.25) is 15.9 Å². The van der Waals surface area contributed by atoms with Crippen molar-refractivity contribution in [3.05, 3.63) is 17.0 Å². The molecular weight excluding hydrogens is 318 g/mol. The van der Waals surface area contributed by atoms with Crippen LogP contribution >= 0.6 is 0 Å². The summed E-state index contributed by atoms with van der Waals surface area (Å²) < 4.78 is 32.9. The van der Waals surface area contributed by atoms with E-state index in [0.29, 0.717) is 18.7 Å². The maximum absolute atomic E-state index is 12.5. The van der Waals surface area contributed by atoms with Gasteiger partial charge in [-0.15, -0.1) is 0 Å². The zero-order valence-corrected chi connectivity index (χ0v) is 14.5. The molecule has 2 atom stereocenters. The Labute approximate surface area is 136 Å². The van der Waals surface area contributed by atoms with Crippen LogP contribution in [-0.2, 0) is 21.2 Å². The van der Waals surface area contributed by atoms with E-state index in [1.165, 1.54) is 0 Å². The van der Waals surface area contributed by atoms with Gasteiger partial charge in [-0.05, 0) is 40.0 Å². The van der Waals surface area contributed by atoms with Crippen LogP contribution in [0.25, 0.3) is 0 Å². The van der Waals surface area contributed by atoms with Gasteiger partial charge < -0.3 is 9.42 Å². The second-order valence-corrected chi connectivity index (χ2v) is 8.67. The summed E-state index contributed by atoms with van der Waals surface area (Å²) in [6.45, 7) is 5.80. The Hall–Kier alpha value is -1.41. The molecule has 1 aromatic rings. The molecule has 2 aliphatic rings. The van der Waals surface area contributed by atoms with Gasteiger partial charge in [-0.3, -0.25) is 4.79 Å². The fraction of sp³-hybridized carbons (Fsp3) is 0.733. The number of sulfonamides is 1. The summed E-state index contributed by atoms with van der Waals surface area (Å²) in [5, 5.41) is 3.24. The van der Waals surface area contributed by atoms with Crippen molar-refractivity contribution in [3.63, 3.8) is 0 Å². The fourth-order valence-corrected chi connectivity index (χ4v) is 4.72. The van der Waals surface area contributed by atoms with E-state index >= 15 is 0 Å². The van der Waals surface area contributed by atoms with Crippen molar-refractivity contribution >= 4 is 15.9 Å². The van der Waals surface area contributed by atoms with Crippen LogP contribution in [0.5, 0.6) is 0 Å². The van der Waals surface area contributed by atoms with Gasteiger partial charge in [-0.25, -0.2) is 13.1 Å². The molecule has 8 heteroatoms. The second kappa shape index (κ2) is 5.90. The summed E-state index contributed by atoms with van der Waals surface area (Å²) in [6.07, 6.45) is 2.60. The molecule has 1 saturated heterocycles. The maximum Gasteiger partial charge on any atom is 0.224 e. The Bertz CT molecular complexity index is 689. The van der Waals surface area contributed by atoms with Crippen LogP contribution in [0.15, 0.2) is 4.52 Å². The van der Waals surface area contributed by atoms with Crippen molar-refractivity contribution in [2.45, 2.75) is 63.8 Å². The molecule has 2 fully saturated rings. The molecule has 1 N–H and O–H groups in total. The molecule has 0 spiro atoms. The smallest absolute Gasteiger partial charge is 0.224 e. The molecule has 23 heavy (non-hydrogen) atoms. The fourth-order valence-electron chi connectivity index (χ4n) is 3.16. The lowest BCUT2D eigenvalue weighted by molar-refractivity contribution is -0.128. The monoisotopic (exact) mass is 341 g/mol. The predicted molar refractivity (Wildman–Crippen MR) is 84.3 cm³/mol. The summed E-state index contributed by atoms with van der Waals surface area (Å²) in [4.78, 5) is 13.7. The average molecular weight is 341 g/mol. The molecule has 2 heterocycles. The van der Waals surface area contributed by atoms with Crippen molar-refractivity contribution in [1.29, 1.82) is 0 Å². The molecule has 1 saturated carbocycles. The molecule has 1 amide bonds. The minimum atomic E-state index is -3.52. The number of carbonyl (C=O) groups excluding carboxylic acids is 1. The number of carbonyl (C=O) groups is 1. The lowest BCUT2D eigenvalue weighted by atomic mass is 10.1. The van der Waals surface area contributed by atoms with Crippen molar-refractivity contribution in [1.82, 2.24) is 14.8 Å². The minimum Gasteiger partial charge on any atom is -0.361 e. The van der Waals surface area contributed by atoms with E-state index in [4.69, 9.17) is 4.52 Å². The van der Waals surface area contributed by atoms with E-state index in [-0.39, 0.29) is 24.4 Å². The number of hydrogen-bond acceptors (Lipinski definition) is 5. The summed E-state index contributed by atoms with van der Waals surface area (Å²) in [5.41, 5.74) is 1.71. The molecule has 1 aliphatic carbocycles. The van der Waals surface area contributed by atoms with Crippen molar-refractivity contribution in [2.24, 2.45) is 0 Å². The summed E-state index contributed by atoms with van der Waals surface area (Å²) in [7, 11) is -3.52. The third-order valence-electron chi connectivity index (χ3n) is 4.61. The number of rotatable bonds is 6. The van der Waals surface area contributed by atoms with Gasteiger partial charge in [0.15, 0.2) is 0 Å². The van der Waals surface area contributed by atoms with Gasteiger partial charge in [-0.1, -0.05) is 5.16 Å². The Morgan fingerprint density at radius 2 is 2.09 bits per heavy atom. The summed E-state index contributed by atoms with van der Waals surface area (Å²) >= 11 is 0. The standard InChI is InChI=1S/C15H23N3O4S/c1-9(6-14-10(2)16-22-11(14)3)17-23(20,21)13-7-15(19)18(8-13)12-4-5-12/h9,12-13,17H,4-8H2,1-3H3/t9-,13-/m1/s1. The Kier molecular flexibility index (Phi) is 4.22. The van der Waals surface area contributed by atoms with E-state index in [2.05, 4.69) is 9.88 Å². The average Bonchev–Trinajstić information content (AvgIpc) is 3.16. The first-order valence-corrected chi connectivity index (χ1v) is 9.55. The first-order valence-electron chi connectivity index (χ1n) is 8.00. The summed E-state index contributed by atoms with van der Waals surface area (Å²) in [6, 6.07) is -0.00990. The lowest BCUT2D eigenvalue weighted by Gasteiger charge is -2.19. The SMILES string of the molecule is Cc1noc(C)c1C[C@@H](C)NS(=O)(=O)[C@@H]1CC(=O)N(C2CC2)C1. The minimum absolute atomic E-state index is 0.0405. The molecule has 0 bridgehead atoms. The normalized spacial score (nSPS) is 23.5. The van der Waals surface area contributed by atoms with Crippen LogP contribution < -0.4 is 4.72 Å². The highest BCUT2D eigenvalue weighted by molar-refractivity contribution is 7.90. The van der Waals surface area contributed by atoms with E-state index < -0.39 is 15.3 Å². The number of aromatic nitrogens is 1. The first-order chi connectivity index (χ1) is 10.8. The van der Waals surface area contributed by atoms with E-state index in [0.717, 1.165) is 24.1 Å². The number of likely N-dealkylation sites (tertiary alicyclic amines) is 1. The van der Waals surface area contributed by atoms with Gasteiger partial charge in [0.1, 0.15) is 11.0 Å². The quantitative estimate of drug-likeness (QED) is 0.830. The van der Waals surface area contributed by atoms with Gasteiger partial charge >= 0.3 is 0 Å². The zero-order chi connectivity index (χ0) is 16.8. The Morgan fingerprint density at radius 3 is 2.65 bits per heavy atom. The number of nitrogens with zero attached hydrogens (tertiary/aromatic N) is 2. The maximum atomic E-state index is 12.5. The summed E-state index contributed by atoms with van der Waals surface area (Å²) in [5.74, 6) is 0.672. The number of amides is 1. The van der Waals surface area contributed by atoms with Crippen LogP contribution in [0.3, 0.4) is 0 Å². The number of nitrogens with one attached hydrogen (secondary N) is 1. The van der Waals surface area contributed by atoms with Gasteiger partial charge in [0, 0.05) is 30.6 Å². The van der Waals surface area contributed by atoms with Crippen LogP contribution in [-0.4, -0.2) is 48.3 Å². The third-order valence-corrected chi connectivity index (χ3v) is 6.53. The third kappa shape index (κ3) is 3.42. The highest BCUT2D eigenvalue weighted by Crippen LogP contribution is 2.32. The zero-order valence-electron chi connectivity index (χ0n) is 13.7. The molecule has 0 aromatic carbocycles. The number of hydrogen-bond donors (Lipinski definition) is 1. The largest absolute Gasteiger partial charge is 0.361 e. The molecule has 7 nitrogen and oxygen atoms in total. The highest BCUT2D eigenvalue weighted by Gasteiger charge is 2.44. The van der Waals surface area contributed by atoms with Crippen molar-refractivity contribution in [3.8, 4) is 0 Å². The predicted octanol–water partition coefficient (Wildman–Crippen LogP) is 0.905. The van der Waals surface area contributed by atoms with Crippen LogP contribution in [0, 0.1) is 13.8 Å². The van der Waals surface area contributed by atoms with Crippen LogP contribution in [0.4, 0.5) is 0 Å². The molecule has 0 radical (unpaired) electrons. The molecule has 128 valence electrons. The molecule has 1 aromatic heterocycles. The molecule has 0 unspecified atom stereocenters. The highest BCUT2D eigenvalue weighted by atomic mass is 32.2. The topological polar surface area (TPSA) is 92.5 Å². The van der Waals surface area contributed by atoms with E-state index in [1.54, 1.807) is 4.90 Å². The Morgan fingerprint density at radius 1 is 1.39 bits per heavy atom. The van der Waals surface area contributed by atoms with Crippen LogP contribution in [0.1, 0.15) is 43.2 Å². The van der Waals surface area contributed by atoms with Gasteiger partial charge in [0.05, 0.1) is 5.69 Å². The van der Waals surface area contributed by atoms with Gasteiger partial charge in [0.25, 0.3) is 0 Å². The van der Waals surface area contributed by atoms with E-state index in [9.17, 15) is 13.2 Å². The Balaban J connectivity index is 1.63. The van der Waals surface area contributed by atoms with Gasteiger partial charge in [-0.2, -0.15) is 0 Å². The number of aryl methyl sites for hydroxylation is 2. The lowest BCUT2D eigenvalue weighted by Crippen LogP contribution is -2.42. The van der Waals surface area contributed by atoms with E-state index in [1.807, 2.05) is 20.8 Å².